The van der Waals surface area contributed by atoms with Crippen molar-refractivity contribution < 1.29 is 26.5 Å². The predicted molar refractivity (Wildman–Crippen MR) is 12.2 cm³/mol. The second-order valence-corrected chi connectivity index (χ2v) is 0. The van der Waals surface area contributed by atoms with Crippen molar-refractivity contribution in [2.24, 2.45) is 0 Å². The predicted octanol–water partition coefficient (Wildman–Crippen LogP) is -0.883. The Hall–Kier alpha value is 0.930. The molecule has 0 aliphatic heterocycles. The van der Waals surface area contributed by atoms with Crippen molar-refractivity contribution in [3.05, 3.63) is 0 Å². The molecule has 0 aromatic carbocycles. The topological polar surface area (TPSA) is 28.5 Å². The number of hydrogen-bond donors (Lipinski definition) is 0. The summed E-state index contributed by atoms with van der Waals surface area (Å²) < 4.78 is 0. The average Bonchev–Trinajstić information content (AvgIpc) is 0. The fraction of sp³-hybridized carbons (Fsp3) is 0. The van der Waals surface area contributed by atoms with Gasteiger partial charge in [0.15, 0.2) is 0 Å². The third kappa shape index (κ3) is 12.6. The summed E-state index contributed by atoms with van der Waals surface area (Å²) in [6.07, 6.45) is 0. The molecule has 0 atom stereocenters. The molecule has 0 rings (SSSR count). The van der Waals surface area contributed by atoms with Gasteiger partial charge in [0.1, 0.15) is 0 Å². The largest absolute Gasteiger partial charge is 0 e. The van der Waals surface area contributed by atoms with E-state index < -0.39 is 0 Å². The number of rotatable bonds is 0. The SMILES string of the molecule is [B].[Mo].[O].[Si]. The van der Waals surface area contributed by atoms with E-state index in [2.05, 4.69) is 0 Å². The van der Waals surface area contributed by atoms with Crippen molar-refractivity contribution >= 4 is 19.4 Å². The van der Waals surface area contributed by atoms with Crippen LogP contribution >= 0.6 is 0 Å². The molecule has 0 aliphatic rings. The maximum Gasteiger partial charge on any atom is 0 e. The van der Waals surface area contributed by atoms with Gasteiger partial charge in [-0.3, -0.25) is 0 Å². The molecule has 0 aliphatic carbocycles. The van der Waals surface area contributed by atoms with Crippen LogP contribution < -0.4 is 0 Å². The molecule has 4 heavy (non-hydrogen) atoms. The van der Waals surface area contributed by atoms with Gasteiger partial charge in [0.05, 0.1) is 0 Å². The molecule has 0 bridgehead atoms. The average molecular weight is 151 g/mol. The van der Waals surface area contributed by atoms with Gasteiger partial charge in [0.25, 0.3) is 0 Å². The van der Waals surface area contributed by atoms with Gasteiger partial charge in [0, 0.05) is 45.9 Å². The first-order valence-electron chi connectivity index (χ1n) is 0. The van der Waals surface area contributed by atoms with Crippen molar-refractivity contribution in [2.45, 2.75) is 0 Å². The van der Waals surface area contributed by atoms with Crippen LogP contribution in [0.3, 0.4) is 0 Å². The molecule has 1 nitrogen and oxygen atoms in total. The Morgan fingerprint density at radius 2 is 1.00 bits per heavy atom. The summed E-state index contributed by atoms with van der Waals surface area (Å²) >= 11 is 0. The molecule has 4 heteroatoms. The van der Waals surface area contributed by atoms with E-state index in [9.17, 15) is 0 Å². The summed E-state index contributed by atoms with van der Waals surface area (Å²) in [6, 6.07) is 0. The summed E-state index contributed by atoms with van der Waals surface area (Å²) in [7, 11) is 0. The molecule has 0 saturated heterocycles. The van der Waals surface area contributed by atoms with Crippen LogP contribution in [-0.2, 0) is 26.5 Å². The second kappa shape index (κ2) is 39.0. The molecule has 0 fully saturated rings. The minimum atomic E-state index is 0. The van der Waals surface area contributed by atoms with Crippen molar-refractivity contribution in [1.82, 2.24) is 0 Å². The Morgan fingerprint density at radius 3 is 1.00 bits per heavy atom. The zero-order chi connectivity index (χ0) is 0. The van der Waals surface area contributed by atoms with Gasteiger partial charge >= 0.3 is 0 Å². The van der Waals surface area contributed by atoms with Gasteiger partial charge in [-0.15, -0.1) is 0 Å². The normalized spacial score (nSPS) is 0. The van der Waals surface area contributed by atoms with E-state index in [-0.39, 0.29) is 45.9 Å². The molecule has 0 saturated carbocycles. The standard InChI is InChI=1S/B.Mo.O.Si. The molecule has 0 unspecified atom stereocenters. The van der Waals surface area contributed by atoms with E-state index in [0.29, 0.717) is 0 Å². The van der Waals surface area contributed by atoms with Gasteiger partial charge in [0.2, 0.25) is 0 Å². The summed E-state index contributed by atoms with van der Waals surface area (Å²) in [5, 5.41) is 0. The second-order valence-electron chi connectivity index (χ2n) is 0. The van der Waals surface area contributed by atoms with Crippen molar-refractivity contribution in [3.63, 3.8) is 0 Å². The molecule has 0 aromatic heterocycles. The molecular weight excluding hydrogens is 151 g/mol. The van der Waals surface area contributed by atoms with Crippen molar-refractivity contribution in [2.75, 3.05) is 0 Å². The molecule has 0 amide bonds. The zero-order valence-electron chi connectivity index (χ0n) is 1.89. The van der Waals surface area contributed by atoms with Crippen LogP contribution in [-0.4, -0.2) is 19.4 Å². The van der Waals surface area contributed by atoms with Crippen molar-refractivity contribution in [3.8, 4) is 0 Å². The molecule has 0 heterocycles. The van der Waals surface area contributed by atoms with Gasteiger partial charge in [-0.05, 0) is 0 Å². The smallest absolute Gasteiger partial charge is 0 e. The Bertz CT molecular complexity index is 8.00. The maximum atomic E-state index is 0. The molecule has 0 spiro atoms. The van der Waals surface area contributed by atoms with Crippen molar-refractivity contribution in [1.29, 1.82) is 0 Å². The van der Waals surface area contributed by atoms with Gasteiger partial charge < -0.3 is 0 Å². The van der Waals surface area contributed by atoms with E-state index in [4.69, 9.17) is 0 Å². The van der Waals surface area contributed by atoms with Crippen LogP contribution in [0.2, 0.25) is 0 Å². The van der Waals surface area contributed by atoms with Crippen LogP contribution in [0.1, 0.15) is 0 Å². The van der Waals surface area contributed by atoms with E-state index in [1.165, 1.54) is 0 Å². The minimum Gasteiger partial charge on any atom is 0 e. The van der Waals surface area contributed by atoms with Crippen LogP contribution in [0.15, 0.2) is 0 Å². The Morgan fingerprint density at radius 1 is 1.00 bits per heavy atom. The maximum absolute atomic E-state index is 0. The first-order chi connectivity index (χ1) is 0. The van der Waals surface area contributed by atoms with Crippen LogP contribution in [0.5, 0.6) is 0 Å². The Balaban J connectivity index is 0. The van der Waals surface area contributed by atoms with Crippen LogP contribution in [0.25, 0.3) is 0 Å². The summed E-state index contributed by atoms with van der Waals surface area (Å²) in [4.78, 5) is 0. The fourth-order valence-electron chi connectivity index (χ4n) is 0. The molecule has 9 radical (unpaired) electrons. The van der Waals surface area contributed by atoms with E-state index >= 15 is 0 Å². The monoisotopic (exact) mass is 153 g/mol. The van der Waals surface area contributed by atoms with Gasteiger partial charge in [-0.25, -0.2) is 0 Å². The number of hydrogen-bond acceptors (Lipinski definition) is 0. The molecular formula is BMoOSi. The Kier molecular flexibility index (Phi) is 858. The molecule has 19 valence electrons. The zero-order valence-corrected chi connectivity index (χ0v) is 4.90. The first-order valence-corrected chi connectivity index (χ1v) is 0. The molecule has 0 aromatic rings. The van der Waals surface area contributed by atoms with Crippen LogP contribution in [0.4, 0.5) is 0 Å². The summed E-state index contributed by atoms with van der Waals surface area (Å²) in [6.45, 7) is 0. The fourth-order valence-corrected chi connectivity index (χ4v) is 0. The minimum absolute atomic E-state index is 0. The quantitative estimate of drug-likeness (QED) is 0.402. The van der Waals surface area contributed by atoms with Crippen LogP contribution in [0, 0.1) is 0 Å². The van der Waals surface area contributed by atoms with E-state index in [0.717, 1.165) is 0 Å². The summed E-state index contributed by atoms with van der Waals surface area (Å²) in [5.41, 5.74) is 0. The first kappa shape index (κ1) is 88.0. The van der Waals surface area contributed by atoms with Gasteiger partial charge in [-0.1, -0.05) is 0 Å². The van der Waals surface area contributed by atoms with E-state index in [1.54, 1.807) is 0 Å². The molecule has 0 N–H and O–H groups in total. The third-order valence-electron chi connectivity index (χ3n) is 0. The summed E-state index contributed by atoms with van der Waals surface area (Å²) in [5.74, 6) is 0. The van der Waals surface area contributed by atoms with E-state index in [1.807, 2.05) is 0 Å². The third-order valence-corrected chi connectivity index (χ3v) is 0. The Labute approximate surface area is 46.3 Å². The van der Waals surface area contributed by atoms with Gasteiger partial charge in [-0.2, -0.15) is 0 Å².